The van der Waals surface area contributed by atoms with Gasteiger partial charge in [0.2, 0.25) is 0 Å². The molecule has 0 fully saturated rings. The van der Waals surface area contributed by atoms with Gasteiger partial charge in [0.1, 0.15) is 0 Å². The maximum Gasteiger partial charge on any atom is 0.161 e. The molecule has 1 atom stereocenters. The van der Waals surface area contributed by atoms with E-state index in [9.17, 15) is 5.11 Å². The number of nitrogens with one attached hydrogen (secondary N) is 1. The highest BCUT2D eigenvalue weighted by Gasteiger charge is 2.26. The van der Waals surface area contributed by atoms with E-state index in [-0.39, 0.29) is 5.54 Å². The summed E-state index contributed by atoms with van der Waals surface area (Å²) in [6.45, 7) is 13.5. The second kappa shape index (κ2) is 7.14. The first-order valence-corrected chi connectivity index (χ1v) is 7.57. The molecule has 0 spiro atoms. The zero-order chi connectivity index (χ0) is 16.1. The van der Waals surface area contributed by atoms with Gasteiger partial charge in [-0.2, -0.15) is 0 Å². The summed E-state index contributed by atoms with van der Waals surface area (Å²) in [5, 5.41) is 14.0. The van der Waals surface area contributed by atoms with Crippen molar-refractivity contribution in [3.05, 3.63) is 23.8 Å². The second-order valence-electron chi connectivity index (χ2n) is 6.40. The summed E-state index contributed by atoms with van der Waals surface area (Å²) >= 11 is 0. The lowest BCUT2D eigenvalue weighted by molar-refractivity contribution is 0.0498. The van der Waals surface area contributed by atoms with Crippen LogP contribution in [0.3, 0.4) is 0 Å². The number of rotatable bonds is 7. The predicted octanol–water partition coefficient (Wildman–Crippen LogP) is 3.08. The quantitative estimate of drug-likeness (QED) is 0.811. The summed E-state index contributed by atoms with van der Waals surface area (Å²) in [6.07, 6.45) is 0. The normalized spacial score (nSPS) is 14.6. The molecular weight excluding hydrogens is 266 g/mol. The first-order valence-electron chi connectivity index (χ1n) is 7.57. The van der Waals surface area contributed by atoms with Gasteiger partial charge in [0.15, 0.2) is 11.5 Å². The molecule has 1 unspecified atom stereocenters. The van der Waals surface area contributed by atoms with Gasteiger partial charge in [-0.25, -0.2) is 0 Å². The number of benzene rings is 1. The van der Waals surface area contributed by atoms with Crippen molar-refractivity contribution in [3.63, 3.8) is 0 Å². The monoisotopic (exact) mass is 295 g/mol. The van der Waals surface area contributed by atoms with E-state index in [0.29, 0.717) is 31.3 Å². The Bertz CT molecular complexity index is 450. The van der Waals surface area contributed by atoms with Crippen LogP contribution in [0.5, 0.6) is 11.5 Å². The molecule has 0 amide bonds. The van der Waals surface area contributed by atoms with Gasteiger partial charge in [-0.1, -0.05) is 6.07 Å². The summed E-state index contributed by atoms with van der Waals surface area (Å²) in [5.41, 5.74) is -0.201. The third-order valence-electron chi connectivity index (χ3n) is 3.13. The molecule has 0 saturated carbocycles. The lowest BCUT2D eigenvalue weighted by Crippen LogP contribution is -2.44. The largest absolute Gasteiger partial charge is 0.490 e. The topological polar surface area (TPSA) is 50.7 Å². The Kier molecular flexibility index (Phi) is 6.05. The molecule has 4 heteroatoms. The van der Waals surface area contributed by atoms with E-state index >= 15 is 0 Å². The maximum absolute atomic E-state index is 10.7. The zero-order valence-electron chi connectivity index (χ0n) is 14.1. The molecular formula is C17H29NO3. The third kappa shape index (κ3) is 5.56. The summed E-state index contributed by atoms with van der Waals surface area (Å²) in [4.78, 5) is 0. The van der Waals surface area contributed by atoms with Crippen LogP contribution in [0.1, 0.15) is 47.1 Å². The molecule has 0 aliphatic carbocycles. The fraction of sp³-hybridized carbons (Fsp3) is 0.647. The van der Waals surface area contributed by atoms with Gasteiger partial charge in [0, 0.05) is 12.1 Å². The Balaban J connectivity index is 2.98. The molecule has 1 rings (SSSR count). The minimum absolute atomic E-state index is 0.0436. The van der Waals surface area contributed by atoms with Crippen molar-refractivity contribution in [2.24, 2.45) is 0 Å². The maximum atomic E-state index is 10.7. The van der Waals surface area contributed by atoms with E-state index in [1.54, 1.807) is 6.92 Å². The Hall–Kier alpha value is -1.26. The first kappa shape index (κ1) is 17.8. The van der Waals surface area contributed by atoms with Gasteiger partial charge < -0.3 is 19.9 Å². The molecule has 2 N–H and O–H groups in total. The van der Waals surface area contributed by atoms with Crippen molar-refractivity contribution < 1.29 is 14.6 Å². The smallest absolute Gasteiger partial charge is 0.161 e. The summed E-state index contributed by atoms with van der Waals surface area (Å²) in [5.74, 6) is 1.38. The molecule has 1 aromatic carbocycles. The van der Waals surface area contributed by atoms with Crippen molar-refractivity contribution in [2.75, 3.05) is 19.8 Å². The van der Waals surface area contributed by atoms with E-state index in [1.807, 2.05) is 32.0 Å². The lowest BCUT2D eigenvalue weighted by atomic mass is 9.94. The van der Waals surface area contributed by atoms with Crippen LogP contribution in [0.15, 0.2) is 18.2 Å². The number of aliphatic hydroxyl groups is 1. The van der Waals surface area contributed by atoms with Gasteiger partial charge in [-0.15, -0.1) is 0 Å². The molecule has 4 nitrogen and oxygen atoms in total. The van der Waals surface area contributed by atoms with Crippen LogP contribution in [-0.4, -0.2) is 30.4 Å². The average molecular weight is 295 g/mol. The number of hydrogen-bond donors (Lipinski definition) is 2. The van der Waals surface area contributed by atoms with E-state index < -0.39 is 5.60 Å². The number of ether oxygens (including phenoxy) is 2. The van der Waals surface area contributed by atoms with Crippen LogP contribution >= 0.6 is 0 Å². The summed E-state index contributed by atoms with van der Waals surface area (Å²) in [7, 11) is 0. The fourth-order valence-corrected chi connectivity index (χ4v) is 1.93. The van der Waals surface area contributed by atoms with Gasteiger partial charge in [0.05, 0.1) is 18.8 Å². The van der Waals surface area contributed by atoms with E-state index in [0.717, 1.165) is 5.56 Å². The summed E-state index contributed by atoms with van der Waals surface area (Å²) in [6, 6.07) is 5.60. The van der Waals surface area contributed by atoms with Gasteiger partial charge >= 0.3 is 0 Å². The molecule has 0 saturated heterocycles. The van der Waals surface area contributed by atoms with Crippen LogP contribution in [0, 0.1) is 0 Å². The summed E-state index contributed by atoms with van der Waals surface area (Å²) < 4.78 is 11.2. The Morgan fingerprint density at radius 3 is 2.10 bits per heavy atom. The highest BCUT2D eigenvalue weighted by molar-refractivity contribution is 5.44. The van der Waals surface area contributed by atoms with Crippen molar-refractivity contribution in [3.8, 4) is 11.5 Å². The van der Waals surface area contributed by atoms with Gasteiger partial charge in [0.25, 0.3) is 0 Å². The lowest BCUT2D eigenvalue weighted by Gasteiger charge is -2.30. The van der Waals surface area contributed by atoms with Crippen LogP contribution in [0.4, 0.5) is 0 Å². The van der Waals surface area contributed by atoms with Crippen molar-refractivity contribution in [1.82, 2.24) is 5.32 Å². The molecule has 0 heterocycles. The Morgan fingerprint density at radius 2 is 1.57 bits per heavy atom. The van der Waals surface area contributed by atoms with Gasteiger partial charge in [-0.3, -0.25) is 0 Å². The van der Waals surface area contributed by atoms with Crippen molar-refractivity contribution in [1.29, 1.82) is 0 Å². The van der Waals surface area contributed by atoms with Crippen LogP contribution in [-0.2, 0) is 5.60 Å². The molecule has 1 aromatic rings. The van der Waals surface area contributed by atoms with Crippen molar-refractivity contribution in [2.45, 2.75) is 52.7 Å². The van der Waals surface area contributed by atoms with Crippen LogP contribution < -0.4 is 14.8 Å². The first-order chi connectivity index (χ1) is 9.69. The molecule has 0 aliphatic heterocycles. The molecule has 21 heavy (non-hydrogen) atoms. The van der Waals surface area contributed by atoms with Crippen LogP contribution in [0.25, 0.3) is 0 Å². The standard InChI is InChI=1S/C17H29NO3/c1-7-20-14-10-9-13(11-15(14)21-8-2)17(6,19)12-18-16(3,4)5/h9-11,18-19H,7-8,12H2,1-6H3. The van der Waals surface area contributed by atoms with E-state index in [1.165, 1.54) is 0 Å². The van der Waals surface area contributed by atoms with E-state index in [2.05, 4.69) is 26.1 Å². The molecule has 0 aliphatic rings. The van der Waals surface area contributed by atoms with Crippen LogP contribution in [0.2, 0.25) is 0 Å². The zero-order valence-corrected chi connectivity index (χ0v) is 14.1. The average Bonchev–Trinajstić information content (AvgIpc) is 2.38. The van der Waals surface area contributed by atoms with Crippen molar-refractivity contribution >= 4 is 0 Å². The third-order valence-corrected chi connectivity index (χ3v) is 3.13. The Morgan fingerprint density at radius 1 is 1.00 bits per heavy atom. The highest BCUT2D eigenvalue weighted by Crippen LogP contribution is 2.32. The fourth-order valence-electron chi connectivity index (χ4n) is 1.93. The number of β-amino-alcohol motifs (C(OH)–C–C–N with tert-alkyl or cyclic N) is 1. The molecule has 0 radical (unpaired) electrons. The van der Waals surface area contributed by atoms with Gasteiger partial charge in [-0.05, 0) is 59.2 Å². The minimum Gasteiger partial charge on any atom is -0.490 e. The molecule has 0 bridgehead atoms. The highest BCUT2D eigenvalue weighted by atomic mass is 16.5. The number of hydrogen-bond acceptors (Lipinski definition) is 4. The molecule has 0 aromatic heterocycles. The SMILES string of the molecule is CCOc1ccc(C(C)(O)CNC(C)(C)C)cc1OCC. The van der Waals surface area contributed by atoms with E-state index in [4.69, 9.17) is 9.47 Å². The minimum atomic E-state index is -0.968. The second-order valence-corrected chi connectivity index (χ2v) is 6.40. The predicted molar refractivity (Wildman–Crippen MR) is 86.1 cm³/mol. The molecule has 120 valence electrons. The Labute approximate surface area is 128 Å².